The fourth-order valence-corrected chi connectivity index (χ4v) is 2.20. The van der Waals surface area contributed by atoms with Crippen LogP contribution in [-0.4, -0.2) is 55.4 Å². The van der Waals surface area contributed by atoms with Crippen LogP contribution in [0, 0.1) is 0 Å². The number of hydrogen-bond acceptors (Lipinski definition) is 6. The molecule has 6 nitrogen and oxygen atoms in total. The van der Waals surface area contributed by atoms with Gasteiger partial charge < -0.3 is 19.1 Å². The molecule has 1 aromatic carbocycles. The van der Waals surface area contributed by atoms with Crippen LogP contribution in [0.25, 0.3) is 11.4 Å². The number of rotatable bonds is 3. The van der Waals surface area contributed by atoms with Gasteiger partial charge in [-0.15, -0.1) is 0 Å². The molecule has 0 amide bonds. The Morgan fingerprint density at radius 3 is 2.45 bits per heavy atom. The van der Waals surface area contributed by atoms with E-state index in [0.29, 0.717) is 11.8 Å². The minimum Gasteiger partial charge on any atom is -0.497 e. The van der Waals surface area contributed by atoms with Gasteiger partial charge in [0.1, 0.15) is 5.75 Å². The number of hydrogen-bond donors (Lipinski definition) is 0. The molecular weight excluding hydrogens is 256 g/mol. The van der Waals surface area contributed by atoms with E-state index in [2.05, 4.69) is 27.0 Å². The predicted molar refractivity (Wildman–Crippen MR) is 76.0 cm³/mol. The van der Waals surface area contributed by atoms with E-state index in [4.69, 9.17) is 9.26 Å². The number of anilines is 1. The molecule has 0 spiro atoms. The Bertz CT molecular complexity index is 559. The lowest BCUT2D eigenvalue weighted by molar-refractivity contribution is 0.298. The molecule has 6 heteroatoms. The summed E-state index contributed by atoms with van der Waals surface area (Å²) in [5.74, 6) is 1.43. The molecule has 0 N–H and O–H groups in total. The summed E-state index contributed by atoms with van der Waals surface area (Å²) < 4.78 is 10.5. The van der Waals surface area contributed by atoms with Crippen molar-refractivity contribution in [2.75, 3.05) is 45.2 Å². The van der Waals surface area contributed by atoms with E-state index in [-0.39, 0.29) is 0 Å². The van der Waals surface area contributed by atoms with Crippen molar-refractivity contribution in [2.24, 2.45) is 0 Å². The van der Waals surface area contributed by atoms with Gasteiger partial charge in [-0.05, 0) is 31.3 Å². The monoisotopic (exact) mass is 274 g/mol. The zero-order valence-corrected chi connectivity index (χ0v) is 11.7. The lowest BCUT2D eigenvalue weighted by Gasteiger charge is -2.30. The molecular formula is C14H18N4O2. The first kappa shape index (κ1) is 12.9. The average molecular weight is 274 g/mol. The van der Waals surface area contributed by atoms with Gasteiger partial charge in [0.25, 0.3) is 0 Å². The third-order valence-electron chi connectivity index (χ3n) is 3.54. The van der Waals surface area contributed by atoms with E-state index in [0.717, 1.165) is 37.5 Å². The van der Waals surface area contributed by atoms with Crippen LogP contribution in [0.15, 0.2) is 28.8 Å². The Kier molecular flexibility index (Phi) is 3.56. The van der Waals surface area contributed by atoms with Gasteiger partial charge in [-0.2, -0.15) is 4.98 Å². The number of likely N-dealkylation sites (N-methyl/N-ethyl adjacent to an activating group) is 1. The molecule has 0 saturated carbocycles. The molecule has 1 aromatic heterocycles. The highest BCUT2D eigenvalue weighted by atomic mass is 16.5. The average Bonchev–Trinajstić information content (AvgIpc) is 2.98. The second-order valence-electron chi connectivity index (χ2n) is 4.92. The van der Waals surface area contributed by atoms with E-state index >= 15 is 0 Å². The fraction of sp³-hybridized carbons (Fsp3) is 0.429. The second-order valence-corrected chi connectivity index (χ2v) is 4.92. The summed E-state index contributed by atoms with van der Waals surface area (Å²) in [7, 11) is 3.77. The molecule has 3 rings (SSSR count). The highest BCUT2D eigenvalue weighted by Crippen LogP contribution is 2.22. The first-order valence-electron chi connectivity index (χ1n) is 6.68. The summed E-state index contributed by atoms with van der Waals surface area (Å²) in [6, 6.07) is 8.24. The van der Waals surface area contributed by atoms with E-state index < -0.39 is 0 Å². The van der Waals surface area contributed by atoms with Gasteiger partial charge in [-0.25, -0.2) is 0 Å². The van der Waals surface area contributed by atoms with Crippen molar-refractivity contribution in [3.05, 3.63) is 24.3 Å². The molecule has 0 atom stereocenters. The third kappa shape index (κ3) is 2.60. The lowest BCUT2D eigenvalue weighted by atomic mass is 10.2. The molecule has 20 heavy (non-hydrogen) atoms. The molecule has 1 aliphatic rings. The SMILES string of the molecule is COc1ccc(-c2noc(N3CCN(C)CC3)n2)cc1. The molecule has 0 unspecified atom stereocenters. The summed E-state index contributed by atoms with van der Waals surface area (Å²) in [4.78, 5) is 8.89. The van der Waals surface area contributed by atoms with Crippen LogP contribution in [-0.2, 0) is 0 Å². The van der Waals surface area contributed by atoms with Gasteiger partial charge >= 0.3 is 6.01 Å². The number of aromatic nitrogens is 2. The normalized spacial score (nSPS) is 16.4. The molecule has 0 radical (unpaired) electrons. The van der Waals surface area contributed by atoms with Crippen LogP contribution < -0.4 is 9.64 Å². The Balaban J connectivity index is 1.75. The zero-order valence-electron chi connectivity index (χ0n) is 11.7. The van der Waals surface area contributed by atoms with Crippen molar-refractivity contribution in [3.8, 4) is 17.1 Å². The summed E-state index contributed by atoms with van der Waals surface area (Å²) in [6.45, 7) is 3.86. The highest BCUT2D eigenvalue weighted by Gasteiger charge is 2.19. The Labute approximate surface area is 117 Å². The standard InChI is InChI=1S/C14H18N4O2/c1-17-7-9-18(10-8-17)14-15-13(16-20-14)11-3-5-12(19-2)6-4-11/h3-6H,7-10H2,1-2H3. The van der Waals surface area contributed by atoms with Crippen LogP contribution in [0.1, 0.15) is 0 Å². The van der Waals surface area contributed by atoms with Crippen molar-refractivity contribution in [2.45, 2.75) is 0 Å². The highest BCUT2D eigenvalue weighted by molar-refractivity contribution is 5.56. The molecule has 2 aromatic rings. The maximum atomic E-state index is 5.37. The molecule has 106 valence electrons. The van der Waals surface area contributed by atoms with Crippen molar-refractivity contribution in [1.29, 1.82) is 0 Å². The van der Waals surface area contributed by atoms with Gasteiger partial charge in [0.15, 0.2) is 0 Å². The zero-order chi connectivity index (χ0) is 13.9. The van der Waals surface area contributed by atoms with Crippen molar-refractivity contribution >= 4 is 6.01 Å². The molecule has 1 fully saturated rings. The number of benzene rings is 1. The summed E-state index contributed by atoms with van der Waals surface area (Å²) in [5.41, 5.74) is 0.926. The smallest absolute Gasteiger partial charge is 0.324 e. The first-order chi connectivity index (χ1) is 9.76. The minimum atomic E-state index is 0.601. The van der Waals surface area contributed by atoms with Crippen molar-refractivity contribution in [1.82, 2.24) is 15.0 Å². The van der Waals surface area contributed by atoms with Crippen LogP contribution >= 0.6 is 0 Å². The first-order valence-corrected chi connectivity index (χ1v) is 6.68. The van der Waals surface area contributed by atoms with Crippen LogP contribution in [0.5, 0.6) is 5.75 Å². The van der Waals surface area contributed by atoms with Crippen LogP contribution in [0.3, 0.4) is 0 Å². The van der Waals surface area contributed by atoms with Gasteiger partial charge in [0.05, 0.1) is 7.11 Å². The molecule has 1 saturated heterocycles. The second kappa shape index (κ2) is 5.50. The largest absolute Gasteiger partial charge is 0.497 e. The number of piperazine rings is 1. The maximum absolute atomic E-state index is 5.37. The van der Waals surface area contributed by atoms with Gasteiger partial charge in [-0.1, -0.05) is 5.16 Å². The Hall–Kier alpha value is -2.08. The van der Waals surface area contributed by atoms with Gasteiger partial charge in [-0.3, -0.25) is 0 Å². The number of nitrogens with zero attached hydrogens (tertiary/aromatic N) is 4. The lowest BCUT2D eigenvalue weighted by Crippen LogP contribution is -2.44. The quantitative estimate of drug-likeness (QED) is 0.845. The van der Waals surface area contributed by atoms with Crippen molar-refractivity contribution < 1.29 is 9.26 Å². The Morgan fingerprint density at radius 1 is 1.10 bits per heavy atom. The number of ether oxygens (including phenoxy) is 1. The van der Waals surface area contributed by atoms with Gasteiger partial charge in [0, 0.05) is 31.7 Å². The van der Waals surface area contributed by atoms with Crippen LogP contribution in [0.2, 0.25) is 0 Å². The van der Waals surface area contributed by atoms with Gasteiger partial charge in [0.2, 0.25) is 5.82 Å². The van der Waals surface area contributed by atoms with E-state index in [1.165, 1.54) is 0 Å². The summed E-state index contributed by atoms with van der Waals surface area (Å²) in [6.07, 6.45) is 0. The molecule has 0 aliphatic carbocycles. The Morgan fingerprint density at radius 2 is 1.80 bits per heavy atom. The fourth-order valence-electron chi connectivity index (χ4n) is 2.20. The molecule has 2 heterocycles. The maximum Gasteiger partial charge on any atom is 0.324 e. The minimum absolute atomic E-state index is 0.601. The molecule has 0 bridgehead atoms. The van der Waals surface area contributed by atoms with Crippen LogP contribution in [0.4, 0.5) is 6.01 Å². The topological polar surface area (TPSA) is 54.6 Å². The number of methoxy groups -OCH3 is 1. The summed E-state index contributed by atoms with van der Waals surface area (Å²) >= 11 is 0. The summed E-state index contributed by atoms with van der Waals surface area (Å²) in [5, 5.41) is 4.05. The third-order valence-corrected chi connectivity index (χ3v) is 3.54. The van der Waals surface area contributed by atoms with Crippen molar-refractivity contribution in [3.63, 3.8) is 0 Å². The van der Waals surface area contributed by atoms with E-state index in [1.807, 2.05) is 24.3 Å². The molecule has 1 aliphatic heterocycles. The predicted octanol–water partition coefficient (Wildman–Crippen LogP) is 1.50. The van der Waals surface area contributed by atoms with E-state index in [1.54, 1.807) is 7.11 Å². The van der Waals surface area contributed by atoms with E-state index in [9.17, 15) is 0 Å².